The Bertz CT molecular complexity index is 176. The fraction of sp³-hybridized carbons (Fsp3) is 1.00. The standard InChI is InChI=1S/C14H27N/c1-2-14(9-10-14)12-15-11-13-7-5-3-4-6-8-13/h13,15H,2-12H2,1H3. The molecule has 1 heteroatoms. The first-order valence-electron chi connectivity index (χ1n) is 7.05. The third-order valence-corrected chi connectivity index (χ3v) is 4.61. The molecule has 0 amide bonds. The molecule has 2 fully saturated rings. The predicted octanol–water partition coefficient (Wildman–Crippen LogP) is 3.74. The minimum Gasteiger partial charge on any atom is -0.316 e. The van der Waals surface area contributed by atoms with Crippen molar-refractivity contribution < 1.29 is 0 Å². The molecule has 0 unspecified atom stereocenters. The maximum Gasteiger partial charge on any atom is 0.000783 e. The molecular weight excluding hydrogens is 182 g/mol. The summed E-state index contributed by atoms with van der Waals surface area (Å²) in [5.41, 5.74) is 0.727. The predicted molar refractivity (Wildman–Crippen MR) is 66.0 cm³/mol. The highest BCUT2D eigenvalue weighted by atomic mass is 14.9. The quantitative estimate of drug-likeness (QED) is 0.680. The zero-order chi connectivity index (χ0) is 10.6. The van der Waals surface area contributed by atoms with Gasteiger partial charge in [0.25, 0.3) is 0 Å². The lowest BCUT2D eigenvalue weighted by atomic mass is 9.99. The van der Waals surface area contributed by atoms with Crippen molar-refractivity contribution in [2.45, 2.75) is 64.7 Å². The van der Waals surface area contributed by atoms with Crippen LogP contribution >= 0.6 is 0 Å². The van der Waals surface area contributed by atoms with Crippen LogP contribution in [0.5, 0.6) is 0 Å². The zero-order valence-electron chi connectivity index (χ0n) is 10.4. The van der Waals surface area contributed by atoms with Crippen LogP contribution in [-0.4, -0.2) is 13.1 Å². The Labute approximate surface area is 95.0 Å². The summed E-state index contributed by atoms with van der Waals surface area (Å²) in [5, 5.41) is 3.74. The molecule has 0 heterocycles. The minimum atomic E-state index is 0.727. The molecule has 0 saturated heterocycles. The molecular formula is C14H27N. The first kappa shape index (κ1) is 11.4. The summed E-state index contributed by atoms with van der Waals surface area (Å²) in [4.78, 5) is 0. The summed E-state index contributed by atoms with van der Waals surface area (Å²) in [7, 11) is 0. The Morgan fingerprint density at radius 1 is 1.07 bits per heavy atom. The van der Waals surface area contributed by atoms with Gasteiger partial charge in [0.05, 0.1) is 0 Å². The van der Waals surface area contributed by atoms with E-state index < -0.39 is 0 Å². The second kappa shape index (κ2) is 5.34. The molecule has 2 rings (SSSR count). The van der Waals surface area contributed by atoms with Gasteiger partial charge < -0.3 is 5.32 Å². The van der Waals surface area contributed by atoms with Crippen molar-refractivity contribution in [3.05, 3.63) is 0 Å². The fourth-order valence-electron chi connectivity index (χ4n) is 2.94. The zero-order valence-corrected chi connectivity index (χ0v) is 10.4. The van der Waals surface area contributed by atoms with Gasteiger partial charge in [0.2, 0.25) is 0 Å². The van der Waals surface area contributed by atoms with E-state index in [0.29, 0.717) is 0 Å². The minimum absolute atomic E-state index is 0.727. The average molecular weight is 209 g/mol. The van der Waals surface area contributed by atoms with Crippen molar-refractivity contribution >= 4 is 0 Å². The summed E-state index contributed by atoms with van der Waals surface area (Å²) in [6.07, 6.45) is 13.2. The lowest BCUT2D eigenvalue weighted by Crippen LogP contribution is -2.28. The molecule has 0 bridgehead atoms. The Morgan fingerprint density at radius 3 is 2.27 bits per heavy atom. The van der Waals surface area contributed by atoms with E-state index in [-0.39, 0.29) is 0 Å². The maximum atomic E-state index is 3.74. The number of nitrogens with one attached hydrogen (secondary N) is 1. The smallest absolute Gasteiger partial charge is 0.000783 e. The number of rotatable bonds is 5. The van der Waals surface area contributed by atoms with E-state index in [1.165, 1.54) is 70.9 Å². The Hall–Kier alpha value is -0.0400. The van der Waals surface area contributed by atoms with E-state index in [2.05, 4.69) is 12.2 Å². The third-order valence-electron chi connectivity index (χ3n) is 4.61. The van der Waals surface area contributed by atoms with Crippen molar-refractivity contribution in [1.82, 2.24) is 5.32 Å². The fourth-order valence-corrected chi connectivity index (χ4v) is 2.94. The van der Waals surface area contributed by atoms with E-state index in [9.17, 15) is 0 Å². The second-order valence-corrected chi connectivity index (χ2v) is 5.84. The van der Waals surface area contributed by atoms with Gasteiger partial charge in [-0.2, -0.15) is 0 Å². The summed E-state index contributed by atoms with van der Waals surface area (Å²) in [5.74, 6) is 0.986. The summed E-state index contributed by atoms with van der Waals surface area (Å²) in [6, 6.07) is 0. The van der Waals surface area contributed by atoms with Crippen LogP contribution in [0.25, 0.3) is 0 Å². The highest BCUT2D eigenvalue weighted by molar-refractivity contribution is 4.93. The molecule has 2 saturated carbocycles. The molecule has 0 radical (unpaired) electrons. The van der Waals surface area contributed by atoms with Gasteiger partial charge in [-0.1, -0.05) is 32.6 Å². The number of hydrogen-bond donors (Lipinski definition) is 1. The lowest BCUT2D eigenvalue weighted by molar-refractivity contribution is 0.380. The Kier molecular flexibility index (Phi) is 4.07. The summed E-state index contributed by atoms with van der Waals surface area (Å²) >= 11 is 0. The van der Waals surface area contributed by atoms with Crippen molar-refractivity contribution in [3.63, 3.8) is 0 Å². The van der Waals surface area contributed by atoms with Crippen LogP contribution < -0.4 is 5.32 Å². The van der Waals surface area contributed by atoms with Crippen LogP contribution in [0.2, 0.25) is 0 Å². The van der Waals surface area contributed by atoms with Gasteiger partial charge in [0.1, 0.15) is 0 Å². The van der Waals surface area contributed by atoms with Crippen molar-refractivity contribution in [3.8, 4) is 0 Å². The molecule has 1 nitrogen and oxygen atoms in total. The van der Waals surface area contributed by atoms with Crippen molar-refractivity contribution in [2.24, 2.45) is 11.3 Å². The number of hydrogen-bond acceptors (Lipinski definition) is 1. The SMILES string of the molecule is CCC1(CNCC2CCCCCC2)CC1. The molecule has 0 spiro atoms. The molecule has 0 aliphatic heterocycles. The van der Waals surface area contributed by atoms with E-state index in [1.807, 2.05) is 0 Å². The average Bonchev–Trinajstić information content (AvgIpc) is 3.03. The third kappa shape index (κ3) is 3.48. The molecule has 0 aromatic carbocycles. The van der Waals surface area contributed by atoms with Crippen LogP contribution in [0.4, 0.5) is 0 Å². The van der Waals surface area contributed by atoms with Gasteiger partial charge in [0, 0.05) is 6.54 Å². The van der Waals surface area contributed by atoms with Crippen LogP contribution in [0.15, 0.2) is 0 Å². The van der Waals surface area contributed by atoms with E-state index in [0.717, 1.165) is 11.3 Å². The molecule has 1 N–H and O–H groups in total. The Balaban J connectivity index is 1.60. The van der Waals surface area contributed by atoms with Crippen molar-refractivity contribution in [1.29, 1.82) is 0 Å². The summed E-state index contributed by atoms with van der Waals surface area (Å²) < 4.78 is 0. The molecule has 88 valence electrons. The molecule has 15 heavy (non-hydrogen) atoms. The monoisotopic (exact) mass is 209 g/mol. The molecule has 0 aromatic rings. The largest absolute Gasteiger partial charge is 0.316 e. The van der Waals surface area contributed by atoms with Gasteiger partial charge in [-0.25, -0.2) is 0 Å². The first-order valence-corrected chi connectivity index (χ1v) is 7.05. The highest BCUT2D eigenvalue weighted by Crippen LogP contribution is 2.47. The molecule has 0 aromatic heterocycles. The highest BCUT2D eigenvalue weighted by Gasteiger charge is 2.39. The van der Waals surface area contributed by atoms with Crippen LogP contribution in [0, 0.1) is 11.3 Å². The second-order valence-electron chi connectivity index (χ2n) is 5.84. The van der Waals surface area contributed by atoms with Gasteiger partial charge in [-0.05, 0) is 50.0 Å². The van der Waals surface area contributed by atoms with E-state index in [4.69, 9.17) is 0 Å². The van der Waals surface area contributed by atoms with Gasteiger partial charge in [0.15, 0.2) is 0 Å². The first-order chi connectivity index (χ1) is 7.35. The lowest BCUT2D eigenvalue weighted by Gasteiger charge is -2.18. The van der Waals surface area contributed by atoms with E-state index in [1.54, 1.807) is 0 Å². The Morgan fingerprint density at radius 2 is 1.73 bits per heavy atom. The molecule has 2 aliphatic rings. The normalized spacial score (nSPS) is 26.2. The molecule has 2 aliphatic carbocycles. The van der Waals surface area contributed by atoms with Crippen LogP contribution in [0.1, 0.15) is 64.7 Å². The molecule has 0 atom stereocenters. The maximum absolute atomic E-state index is 3.74. The van der Waals surface area contributed by atoms with Crippen molar-refractivity contribution in [2.75, 3.05) is 13.1 Å². The topological polar surface area (TPSA) is 12.0 Å². The van der Waals surface area contributed by atoms with Crippen LogP contribution in [0.3, 0.4) is 0 Å². The van der Waals surface area contributed by atoms with E-state index >= 15 is 0 Å². The summed E-state index contributed by atoms with van der Waals surface area (Å²) in [6.45, 7) is 4.93. The van der Waals surface area contributed by atoms with Gasteiger partial charge in [-0.3, -0.25) is 0 Å². The van der Waals surface area contributed by atoms with Gasteiger partial charge >= 0.3 is 0 Å². The van der Waals surface area contributed by atoms with Crippen LogP contribution in [-0.2, 0) is 0 Å². The van der Waals surface area contributed by atoms with Gasteiger partial charge in [-0.15, -0.1) is 0 Å².